The second kappa shape index (κ2) is 6.04. The molecule has 1 aromatic carbocycles. The predicted octanol–water partition coefficient (Wildman–Crippen LogP) is 1.85. The van der Waals surface area contributed by atoms with E-state index in [2.05, 4.69) is 0 Å². The van der Waals surface area contributed by atoms with Crippen molar-refractivity contribution < 1.29 is 18.3 Å². The van der Waals surface area contributed by atoms with Crippen LogP contribution < -0.4 is 0 Å². The van der Waals surface area contributed by atoms with E-state index in [1.165, 1.54) is 25.1 Å². The summed E-state index contributed by atoms with van der Waals surface area (Å²) in [5.74, 6) is -2.91. The number of carbonyl (C=O) groups is 1. The van der Waals surface area contributed by atoms with Crippen LogP contribution in [0.1, 0.15) is 18.1 Å². The first-order valence-electron chi connectivity index (χ1n) is 5.37. The fraction of sp³-hybridized carbons (Fsp3) is 0.333. The summed E-state index contributed by atoms with van der Waals surface area (Å²) in [6.45, 7) is 1.33. The van der Waals surface area contributed by atoms with Crippen molar-refractivity contribution in [2.45, 2.75) is 12.7 Å². The summed E-state index contributed by atoms with van der Waals surface area (Å²) < 4.78 is 23.7. The highest BCUT2D eigenvalue weighted by Crippen LogP contribution is 2.21. The maximum atomic E-state index is 11.8. The lowest BCUT2D eigenvalue weighted by atomic mass is 10.2. The van der Waals surface area contributed by atoms with Crippen LogP contribution in [0.4, 0.5) is 0 Å². The molecule has 0 aromatic heterocycles. The fourth-order valence-electron chi connectivity index (χ4n) is 1.48. The molecule has 5 nitrogen and oxygen atoms in total. The van der Waals surface area contributed by atoms with Crippen LogP contribution in [0.3, 0.4) is 0 Å². The number of nitrogens with zero attached hydrogens (tertiary/aromatic N) is 1. The second-order valence-corrected chi connectivity index (χ2v) is 6.73. The number of hydrogen-bond donors (Lipinski definition) is 1. The average Bonchev–Trinajstić information content (AvgIpc) is 2.30. The Hall–Kier alpha value is -1.58. The van der Waals surface area contributed by atoms with Gasteiger partial charge in [-0.1, -0.05) is 24.6 Å². The highest BCUT2D eigenvalue weighted by molar-refractivity contribution is 7.90. The number of aliphatic carboxylic acids is 1. The number of rotatable bonds is 5. The van der Waals surface area contributed by atoms with Gasteiger partial charge in [-0.2, -0.15) is 5.26 Å². The molecule has 0 saturated carbocycles. The van der Waals surface area contributed by atoms with E-state index in [0.717, 1.165) is 0 Å². The standard InChI is InChI=1S/C12H12ClNO4S/c1-8(12(15)16)6-19(17,18)7-10-3-2-9(5-14)4-11(10)13/h2-4,8H,6-7H2,1H3,(H,15,16). The molecule has 0 heterocycles. The molecule has 19 heavy (non-hydrogen) atoms. The van der Waals surface area contributed by atoms with Gasteiger partial charge < -0.3 is 5.11 Å². The van der Waals surface area contributed by atoms with Crippen molar-refractivity contribution in [1.29, 1.82) is 5.26 Å². The maximum absolute atomic E-state index is 11.8. The lowest BCUT2D eigenvalue weighted by Gasteiger charge is -2.09. The smallest absolute Gasteiger partial charge is 0.307 e. The minimum atomic E-state index is -3.57. The first-order chi connectivity index (χ1) is 8.75. The van der Waals surface area contributed by atoms with Crippen molar-refractivity contribution in [1.82, 2.24) is 0 Å². The Balaban J connectivity index is 2.90. The van der Waals surface area contributed by atoms with E-state index in [4.69, 9.17) is 22.0 Å². The van der Waals surface area contributed by atoms with Crippen LogP contribution in [0.2, 0.25) is 5.02 Å². The first-order valence-corrected chi connectivity index (χ1v) is 7.57. The topological polar surface area (TPSA) is 95.2 Å². The van der Waals surface area contributed by atoms with Gasteiger partial charge in [0.05, 0.1) is 29.1 Å². The number of halogens is 1. The summed E-state index contributed by atoms with van der Waals surface area (Å²) in [6.07, 6.45) is 0. The van der Waals surface area contributed by atoms with E-state index >= 15 is 0 Å². The molecule has 0 aliphatic carbocycles. The fourth-order valence-corrected chi connectivity index (χ4v) is 3.56. The molecular weight excluding hydrogens is 290 g/mol. The third-order valence-electron chi connectivity index (χ3n) is 2.48. The van der Waals surface area contributed by atoms with Crippen LogP contribution in [0.5, 0.6) is 0 Å². The zero-order chi connectivity index (χ0) is 14.6. The Morgan fingerprint density at radius 3 is 2.63 bits per heavy atom. The van der Waals surface area contributed by atoms with Gasteiger partial charge in [-0.25, -0.2) is 8.42 Å². The Morgan fingerprint density at radius 2 is 2.16 bits per heavy atom. The van der Waals surface area contributed by atoms with E-state index < -0.39 is 27.5 Å². The molecule has 1 unspecified atom stereocenters. The van der Waals surface area contributed by atoms with Crippen LogP contribution in [0.15, 0.2) is 18.2 Å². The Morgan fingerprint density at radius 1 is 1.53 bits per heavy atom. The number of sulfone groups is 1. The average molecular weight is 302 g/mol. The van der Waals surface area contributed by atoms with Crippen molar-refractivity contribution in [3.05, 3.63) is 34.3 Å². The molecule has 0 bridgehead atoms. The Bertz CT molecular complexity index is 634. The summed E-state index contributed by atoms with van der Waals surface area (Å²) in [4.78, 5) is 10.7. The molecule has 1 atom stereocenters. The zero-order valence-corrected chi connectivity index (χ0v) is 11.7. The van der Waals surface area contributed by atoms with Crippen molar-refractivity contribution in [3.8, 4) is 6.07 Å². The molecule has 1 rings (SSSR count). The third-order valence-corrected chi connectivity index (χ3v) is 4.59. The van der Waals surface area contributed by atoms with Crippen LogP contribution in [-0.2, 0) is 20.4 Å². The summed E-state index contributed by atoms with van der Waals surface area (Å²) in [7, 11) is -3.57. The van der Waals surface area contributed by atoms with Crippen LogP contribution in [0.25, 0.3) is 0 Å². The van der Waals surface area contributed by atoms with Crippen molar-refractivity contribution >= 4 is 27.4 Å². The van der Waals surface area contributed by atoms with Crippen LogP contribution in [0, 0.1) is 17.2 Å². The minimum absolute atomic E-state index is 0.186. The predicted molar refractivity (Wildman–Crippen MR) is 70.5 cm³/mol. The molecule has 0 aliphatic rings. The molecule has 7 heteroatoms. The highest BCUT2D eigenvalue weighted by Gasteiger charge is 2.22. The number of benzene rings is 1. The van der Waals surface area contributed by atoms with E-state index in [0.29, 0.717) is 11.1 Å². The number of nitriles is 1. The maximum Gasteiger partial charge on any atom is 0.307 e. The van der Waals surface area contributed by atoms with E-state index in [1.807, 2.05) is 6.07 Å². The summed E-state index contributed by atoms with van der Waals surface area (Å²) in [6, 6.07) is 6.21. The van der Waals surface area contributed by atoms with Gasteiger partial charge in [-0.15, -0.1) is 0 Å². The molecule has 102 valence electrons. The third kappa shape index (κ3) is 4.54. The van der Waals surface area contributed by atoms with Crippen LogP contribution >= 0.6 is 11.6 Å². The summed E-state index contributed by atoms with van der Waals surface area (Å²) in [5, 5.41) is 17.6. The number of carboxylic acid groups (broad SMARTS) is 1. The monoisotopic (exact) mass is 301 g/mol. The Labute approximate surface area is 116 Å². The van der Waals surface area contributed by atoms with Gasteiger partial charge in [-0.05, 0) is 17.7 Å². The molecule has 1 N–H and O–H groups in total. The molecule has 0 aliphatic heterocycles. The van der Waals surface area contributed by atoms with Gasteiger partial charge in [0.2, 0.25) is 0 Å². The quantitative estimate of drug-likeness (QED) is 0.895. The van der Waals surface area contributed by atoms with E-state index in [9.17, 15) is 13.2 Å². The van der Waals surface area contributed by atoms with Gasteiger partial charge in [0.25, 0.3) is 0 Å². The largest absolute Gasteiger partial charge is 0.481 e. The summed E-state index contributed by atoms with van der Waals surface area (Å²) in [5.41, 5.74) is 0.698. The lowest BCUT2D eigenvalue weighted by Crippen LogP contribution is -2.22. The Kier molecular flexibility index (Phi) is 4.92. The minimum Gasteiger partial charge on any atom is -0.481 e. The molecule has 1 aromatic rings. The molecule has 0 spiro atoms. The molecule has 0 amide bonds. The highest BCUT2D eigenvalue weighted by atomic mass is 35.5. The van der Waals surface area contributed by atoms with Gasteiger partial charge in [-0.3, -0.25) is 4.79 Å². The number of hydrogen-bond acceptors (Lipinski definition) is 4. The van der Waals surface area contributed by atoms with E-state index in [1.54, 1.807) is 0 Å². The van der Waals surface area contributed by atoms with Crippen molar-refractivity contribution in [3.63, 3.8) is 0 Å². The normalized spacial score (nSPS) is 12.7. The van der Waals surface area contributed by atoms with E-state index in [-0.39, 0.29) is 10.8 Å². The van der Waals surface area contributed by atoms with Gasteiger partial charge in [0, 0.05) is 5.02 Å². The van der Waals surface area contributed by atoms with Crippen molar-refractivity contribution in [2.24, 2.45) is 5.92 Å². The molecule has 0 saturated heterocycles. The van der Waals surface area contributed by atoms with Crippen LogP contribution in [-0.4, -0.2) is 25.2 Å². The summed E-state index contributed by atoms with van der Waals surface area (Å²) >= 11 is 5.88. The SMILES string of the molecule is CC(CS(=O)(=O)Cc1ccc(C#N)cc1Cl)C(=O)O. The molecule has 0 radical (unpaired) electrons. The molecule has 0 fully saturated rings. The van der Waals surface area contributed by atoms with Gasteiger partial charge >= 0.3 is 5.97 Å². The first kappa shape index (κ1) is 15.5. The second-order valence-electron chi connectivity index (χ2n) is 4.21. The van der Waals surface area contributed by atoms with Crippen molar-refractivity contribution in [2.75, 3.05) is 5.75 Å². The zero-order valence-electron chi connectivity index (χ0n) is 10.1. The molecular formula is C12H12ClNO4S. The lowest BCUT2D eigenvalue weighted by molar-refractivity contribution is -0.140. The number of carboxylic acids is 1. The van der Waals surface area contributed by atoms with Gasteiger partial charge in [0.1, 0.15) is 0 Å². The van der Waals surface area contributed by atoms with Gasteiger partial charge in [0.15, 0.2) is 9.84 Å².